The quantitative estimate of drug-likeness (QED) is 0.0904. The van der Waals surface area contributed by atoms with Crippen LogP contribution in [-0.2, 0) is 40.0 Å². The largest absolute Gasteiger partial charge is 0.486 e. The molecule has 6 rings (SSSR count). The summed E-state index contributed by atoms with van der Waals surface area (Å²) in [4.78, 5) is 45.8. The Balaban J connectivity index is 0.000000205. The highest BCUT2D eigenvalue weighted by Gasteiger charge is 2.35. The lowest BCUT2D eigenvalue weighted by atomic mass is 10.00. The molecule has 0 fully saturated rings. The van der Waals surface area contributed by atoms with E-state index in [9.17, 15) is 28.0 Å². The second-order valence-electron chi connectivity index (χ2n) is 15.5. The number of ether oxygens (including phenoxy) is 3. The van der Waals surface area contributed by atoms with E-state index in [0.29, 0.717) is 60.6 Å². The topological polar surface area (TPSA) is 174 Å². The molecule has 57 heavy (non-hydrogen) atoms. The number of nitrogens with one attached hydrogen (secondary N) is 1. The van der Waals surface area contributed by atoms with Gasteiger partial charge in [0.25, 0.3) is 5.91 Å². The van der Waals surface area contributed by atoms with Crippen molar-refractivity contribution in [1.82, 2.24) is 0 Å². The fourth-order valence-electron chi connectivity index (χ4n) is 6.41. The van der Waals surface area contributed by atoms with Gasteiger partial charge >= 0.3 is 17.9 Å². The Morgan fingerprint density at radius 2 is 1.21 bits per heavy atom. The molecule has 304 valence electrons. The van der Waals surface area contributed by atoms with E-state index >= 15 is 0 Å². The molecule has 2 atom stereocenters. The molecule has 0 aliphatic carbocycles. The number of hydrogen-bond acceptors (Lipinski definition) is 8. The number of rotatable bonds is 10. The van der Waals surface area contributed by atoms with Crippen LogP contribution in [0.15, 0.2) is 72.8 Å². The van der Waals surface area contributed by atoms with E-state index in [1.807, 2.05) is 65.8 Å². The molecule has 0 bridgehead atoms. The second kappa shape index (κ2) is 18.3. The molecule has 2 aliphatic heterocycles. The van der Waals surface area contributed by atoms with E-state index in [1.165, 1.54) is 18.2 Å². The predicted molar refractivity (Wildman–Crippen MR) is 212 cm³/mol. The van der Waals surface area contributed by atoms with Crippen LogP contribution in [0.3, 0.4) is 0 Å². The average molecular weight is 789 g/mol. The van der Waals surface area contributed by atoms with Crippen LogP contribution in [0.25, 0.3) is 0 Å². The maximum atomic E-state index is 13.9. The number of hydrogen-bond donors (Lipinski definition) is 4. The molecule has 0 radical (unpaired) electrons. The highest BCUT2D eigenvalue weighted by Crippen LogP contribution is 2.39. The molecule has 1 amide bonds. The van der Waals surface area contributed by atoms with Crippen molar-refractivity contribution in [3.63, 3.8) is 0 Å². The number of esters is 1. The van der Waals surface area contributed by atoms with Gasteiger partial charge in [0, 0.05) is 35.3 Å². The summed E-state index contributed by atoms with van der Waals surface area (Å²) in [6, 6.07) is 19.4. The van der Waals surface area contributed by atoms with E-state index in [-0.39, 0.29) is 23.0 Å². The molecular weight excluding hydrogens is 738 g/mol. The Bertz CT molecular complexity index is 2100. The number of aromatic carboxylic acids is 1. The first-order valence-corrected chi connectivity index (χ1v) is 18.6. The summed E-state index contributed by atoms with van der Waals surface area (Å²) in [6.07, 6.45) is 2.17. The number of nitrogens with two attached hydrogens (primary N) is 1. The van der Waals surface area contributed by atoms with Crippen molar-refractivity contribution in [2.24, 2.45) is 11.8 Å². The number of amides is 1. The van der Waals surface area contributed by atoms with Crippen LogP contribution >= 0.6 is 0 Å². The fourth-order valence-corrected chi connectivity index (χ4v) is 6.41. The van der Waals surface area contributed by atoms with Gasteiger partial charge < -0.3 is 35.5 Å². The minimum Gasteiger partial charge on any atom is -0.486 e. The lowest BCUT2D eigenvalue weighted by molar-refractivity contribution is -0.147. The summed E-state index contributed by atoms with van der Waals surface area (Å²) in [5.41, 5.74) is 9.25. The van der Waals surface area contributed by atoms with Gasteiger partial charge in [-0.15, -0.1) is 0 Å². The summed E-state index contributed by atoms with van der Waals surface area (Å²) in [6.45, 7) is 13.2. The number of anilines is 2. The Hall–Kier alpha value is -5.98. The Morgan fingerprint density at radius 1 is 0.754 bits per heavy atom. The molecule has 2 heterocycles. The highest BCUT2D eigenvalue weighted by atomic mass is 19.1. The first-order valence-electron chi connectivity index (χ1n) is 18.6. The number of carbonyl (C=O) groups excluding carboxylic acids is 2. The number of carboxylic acid groups (broad SMARTS) is 2. The minimum atomic E-state index is -1.16. The van der Waals surface area contributed by atoms with Crippen molar-refractivity contribution in [1.29, 1.82) is 0 Å². The zero-order chi connectivity index (χ0) is 42.2. The summed E-state index contributed by atoms with van der Waals surface area (Å²) in [7, 11) is 0. The van der Waals surface area contributed by atoms with Crippen LogP contribution in [0.1, 0.15) is 91.4 Å². The first kappa shape index (κ1) is 43.7. The number of aliphatic carboxylic acids is 1. The van der Waals surface area contributed by atoms with Gasteiger partial charge in [-0.25, -0.2) is 13.6 Å². The van der Waals surface area contributed by atoms with Crippen molar-refractivity contribution in [3.05, 3.63) is 118 Å². The maximum absolute atomic E-state index is 13.9. The van der Waals surface area contributed by atoms with Crippen molar-refractivity contribution < 1.29 is 52.4 Å². The summed E-state index contributed by atoms with van der Waals surface area (Å²) in [5.74, 6) is -3.48. The summed E-state index contributed by atoms with van der Waals surface area (Å²) >= 11 is 0. The Kier molecular flexibility index (Phi) is 14.1. The Labute approximate surface area is 331 Å². The van der Waals surface area contributed by atoms with Gasteiger partial charge in [-0.2, -0.15) is 0 Å². The van der Waals surface area contributed by atoms with E-state index in [4.69, 9.17) is 30.2 Å². The van der Waals surface area contributed by atoms with Crippen molar-refractivity contribution in [3.8, 4) is 11.5 Å². The lowest BCUT2D eigenvalue weighted by Crippen LogP contribution is -2.25. The van der Waals surface area contributed by atoms with Gasteiger partial charge in [0.15, 0.2) is 0 Å². The van der Waals surface area contributed by atoms with Crippen LogP contribution in [0.4, 0.5) is 20.2 Å². The lowest BCUT2D eigenvalue weighted by Gasteiger charge is -2.18. The number of nitrogen functional groups attached to an aromatic ring is 1. The molecule has 4 aromatic rings. The number of halogens is 2. The van der Waals surface area contributed by atoms with E-state index in [1.54, 1.807) is 31.2 Å². The zero-order valence-electron chi connectivity index (χ0n) is 33.2. The summed E-state index contributed by atoms with van der Waals surface area (Å²) < 4.78 is 43.3. The first-order chi connectivity index (χ1) is 26.7. The maximum Gasteiger partial charge on any atom is 0.339 e. The average Bonchev–Trinajstić information content (AvgIpc) is 3.61. The standard InChI is InChI=1S/C21H22FNO4.C12H17NO2.C11H11FO3/c1-12(20(25)26)8-13-4-6-16(7-5-13)23-19(24)17-10-15(22)9-14-11-21(2,3)27-18(14)17;1-3-15-12(14)9(2)8-10-4-6-11(13)7-5-10;1-11(2)5-6-3-7(12)4-8(10(13)14)9(6)15-11/h4-7,9-10,12H,8,11H2,1-3H3,(H,23,24)(H,25,26);4-7,9H,3,8,13H2,1-2H3;3-4H,5H2,1-2H3,(H,13,14). The normalized spacial score (nSPS) is 15.0. The van der Waals surface area contributed by atoms with Crippen LogP contribution in [-0.4, -0.2) is 51.8 Å². The van der Waals surface area contributed by atoms with Gasteiger partial charge in [-0.3, -0.25) is 14.4 Å². The zero-order valence-corrected chi connectivity index (χ0v) is 33.2. The van der Waals surface area contributed by atoms with Crippen molar-refractivity contribution >= 4 is 35.2 Å². The van der Waals surface area contributed by atoms with Crippen LogP contribution < -0.4 is 20.5 Å². The van der Waals surface area contributed by atoms with Gasteiger partial charge in [-0.05, 0) is 107 Å². The third-order valence-electron chi connectivity index (χ3n) is 9.11. The molecule has 11 nitrogen and oxygen atoms in total. The number of benzene rings is 4. The van der Waals surface area contributed by atoms with Gasteiger partial charge in [-0.1, -0.05) is 38.1 Å². The predicted octanol–water partition coefficient (Wildman–Crippen LogP) is 8.30. The number of fused-ring (bicyclic) bond motifs is 2. The third kappa shape index (κ3) is 12.3. The molecule has 5 N–H and O–H groups in total. The van der Waals surface area contributed by atoms with E-state index < -0.39 is 46.6 Å². The Morgan fingerprint density at radius 3 is 1.68 bits per heavy atom. The molecule has 2 aliphatic rings. The molecule has 4 aromatic carbocycles. The molecule has 0 spiro atoms. The fraction of sp³-hybridized carbons (Fsp3) is 0.364. The van der Waals surface area contributed by atoms with Crippen LogP contribution in [0, 0.1) is 23.5 Å². The van der Waals surface area contributed by atoms with Crippen LogP contribution in [0.5, 0.6) is 11.5 Å². The smallest absolute Gasteiger partial charge is 0.339 e. The monoisotopic (exact) mass is 788 g/mol. The number of carbonyl (C=O) groups is 4. The van der Waals surface area contributed by atoms with E-state index in [0.717, 1.165) is 22.9 Å². The van der Waals surface area contributed by atoms with Gasteiger partial charge in [0.05, 0.1) is 24.0 Å². The highest BCUT2D eigenvalue weighted by molar-refractivity contribution is 6.06. The van der Waals surface area contributed by atoms with Crippen LogP contribution in [0.2, 0.25) is 0 Å². The van der Waals surface area contributed by atoms with Crippen molar-refractivity contribution in [2.45, 2.75) is 85.4 Å². The molecule has 13 heteroatoms. The SMILES string of the molecule is CC(Cc1ccc(NC(=O)c2cc(F)cc3c2OC(C)(C)C3)cc1)C(=O)O.CC1(C)Cc2cc(F)cc(C(=O)O)c2O1.CCOC(=O)C(C)Cc1ccc(N)cc1. The molecular formula is C44H50F2N2O9. The van der Waals surface area contributed by atoms with E-state index in [2.05, 4.69) is 5.32 Å². The van der Waals surface area contributed by atoms with Gasteiger partial charge in [0.2, 0.25) is 0 Å². The van der Waals surface area contributed by atoms with Crippen molar-refractivity contribution in [2.75, 3.05) is 17.7 Å². The minimum absolute atomic E-state index is 0.101. The van der Waals surface area contributed by atoms with Gasteiger partial charge in [0.1, 0.15) is 39.9 Å². The second-order valence-corrected chi connectivity index (χ2v) is 15.5. The molecule has 2 unspecified atom stereocenters. The third-order valence-corrected chi connectivity index (χ3v) is 9.11. The molecule has 0 aromatic heterocycles. The molecule has 0 saturated heterocycles. The summed E-state index contributed by atoms with van der Waals surface area (Å²) in [5, 5.41) is 20.6. The number of carboxylic acids is 2. The molecule has 0 saturated carbocycles.